The van der Waals surface area contributed by atoms with E-state index < -0.39 is 38.6 Å². The van der Waals surface area contributed by atoms with Crippen molar-refractivity contribution in [2.75, 3.05) is 17.7 Å². The fourth-order valence-corrected chi connectivity index (χ4v) is 5.07. The minimum Gasteiger partial charge on any atom is -0.506 e. The number of aromatic hydroxyl groups is 1. The average Bonchev–Trinajstić information content (AvgIpc) is 3.55. The molecule has 0 bridgehead atoms. The molecule has 0 saturated heterocycles. The molecule has 41 heavy (non-hydrogen) atoms. The third-order valence-corrected chi connectivity index (χ3v) is 8.24. The van der Waals surface area contributed by atoms with Gasteiger partial charge in [0.1, 0.15) is 28.8 Å². The molecule has 0 saturated carbocycles. The second kappa shape index (κ2) is 11.1. The normalized spacial score (nSPS) is 12.0. The molecule has 2 heterocycles. The number of ether oxygens (including phenoxy) is 1. The third-order valence-electron chi connectivity index (χ3n) is 6.16. The number of benzene rings is 2. The van der Waals surface area contributed by atoms with Crippen molar-refractivity contribution in [2.24, 2.45) is 0 Å². The van der Waals surface area contributed by atoms with Gasteiger partial charge in [-0.2, -0.15) is 0 Å². The lowest BCUT2D eigenvalue weighted by Gasteiger charge is -2.18. The maximum atomic E-state index is 13.2. The van der Waals surface area contributed by atoms with E-state index in [1.807, 2.05) is 0 Å². The molecule has 0 aliphatic heterocycles. The number of carbonyl (C=O) groups is 3. The lowest BCUT2D eigenvalue weighted by Crippen LogP contribution is -2.33. The fraction of sp³-hybridized carbons (Fsp3) is 0.192. The van der Waals surface area contributed by atoms with Gasteiger partial charge in [-0.05, 0) is 57.2 Å². The van der Waals surface area contributed by atoms with Crippen LogP contribution in [0.5, 0.6) is 11.5 Å². The molecule has 2 aromatic carbocycles. The summed E-state index contributed by atoms with van der Waals surface area (Å²) in [7, 11) is -2.72. The van der Waals surface area contributed by atoms with Crippen molar-refractivity contribution in [1.82, 2.24) is 15.0 Å². The summed E-state index contributed by atoms with van der Waals surface area (Å²) in [6, 6.07) is 9.27. The second-order valence-corrected chi connectivity index (χ2v) is 11.1. The highest BCUT2D eigenvalue weighted by Crippen LogP contribution is 2.34. The number of nitrogens with zero attached hydrogens (tertiary/aromatic N) is 3. The third kappa shape index (κ3) is 5.74. The van der Waals surface area contributed by atoms with Crippen LogP contribution in [0.4, 0.5) is 11.4 Å². The monoisotopic (exact) mass is 583 g/mol. The number of methoxy groups -OCH3 is 1. The van der Waals surface area contributed by atoms with Gasteiger partial charge in [-0.25, -0.2) is 17.9 Å². The highest BCUT2D eigenvalue weighted by molar-refractivity contribution is 7.92. The van der Waals surface area contributed by atoms with E-state index in [9.17, 15) is 33.0 Å². The number of amides is 2. The molecule has 214 valence electrons. The van der Waals surface area contributed by atoms with Gasteiger partial charge in [0.25, 0.3) is 5.91 Å². The highest BCUT2D eigenvalue weighted by atomic mass is 32.2. The molecular weight excluding hydrogens is 558 g/mol. The average molecular weight is 584 g/mol. The number of aromatic carboxylic acids is 1. The van der Waals surface area contributed by atoms with Gasteiger partial charge >= 0.3 is 5.97 Å². The Balaban J connectivity index is 1.72. The van der Waals surface area contributed by atoms with Gasteiger partial charge in [-0.1, -0.05) is 5.21 Å². The summed E-state index contributed by atoms with van der Waals surface area (Å²) in [6.45, 7) is 4.25. The Bertz CT molecular complexity index is 1760. The number of carboxylic acids is 1. The minimum atomic E-state index is -4.15. The first-order valence-corrected chi connectivity index (χ1v) is 13.5. The van der Waals surface area contributed by atoms with Crippen molar-refractivity contribution in [2.45, 2.75) is 30.9 Å². The van der Waals surface area contributed by atoms with Crippen LogP contribution in [0.1, 0.15) is 39.2 Å². The summed E-state index contributed by atoms with van der Waals surface area (Å²) in [6.07, 6.45) is 1.22. The van der Waals surface area contributed by atoms with Gasteiger partial charge < -0.3 is 30.0 Å². The molecule has 4 N–H and O–H groups in total. The largest absolute Gasteiger partial charge is 0.506 e. The number of carboxylic acid groups (broad SMARTS) is 1. The standard InChI is InChI=1S/C26H25N5O9S/c1-13-9-16(12-40-13)25(34)28-20-10-21(31-14(2)23(26(35)36)29-30-31)19(11-22(20)32)27-24(33)15(3)41(37,38)18-7-5-17(39-4)6-8-18/h5-12,15,32H,1-4H3,(H,27,33)(H,28,34)(H,35,36). The van der Waals surface area contributed by atoms with Crippen LogP contribution in [0.15, 0.2) is 58.0 Å². The van der Waals surface area contributed by atoms with E-state index in [0.29, 0.717) is 11.5 Å². The molecule has 0 fully saturated rings. The first-order chi connectivity index (χ1) is 19.3. The molecule has 15 heteroatoms. The Hall–Kier alpha value is -5.18. The number of nitrogens with one attached hydrogen (secondary N) is 2. The van der Waals surface area contributed by atoms with Crippen molar-refractivity contribution in [1.29, 1.82) is 0 Å². The first kappa shape index (κ1) is 28.8. The van der Waals surface area contributed by atoms with Crippen LogP contribution in [0.2, 0.25) is 0 Å². The van der Waals surface area contributed by atoms with Crippen LogP contribution >= 0.6 is 0 Å². The Morgan fingerprint density at radius 1 is 1.05 bits per heavy atom. The van der Waals surface area contributed by atoms with Gasteiger partial charge in [0.2, 0.25) is 5.91 Å². The van der Waals surface area contributed by atoms with E-state index in [4.69, 9.17) is 9.15 Å². The number of hydrogen-bond donors (Lipinski definition) is 4. The summed E-state index contributed by atoms with van der Waals surface area (Å²) in [5.41, 5.74) is -0.422. The Labute approximate surface area is 233 Å². The van der Waals surface area contributed by atoms with Crippen LogP contribution in [-0.4, -0.2) is 63.8 Å². The quantitative estimate of drug-likeness (QED) is 0.211. The highest BCUT2D eigenvalue weighted by Gasteiger charge is 2.31. The fourth-order valence-electron chi connectivity index (χ4n) is 3.81. The predicted octanol–water partition coefficient (Wildman–Crippen LogP) is 2.94. The summed E-state index contributed by atoms with van der Waals surface area (Å²) in [5, 5.41) is 31.0. The number of phenolic OH excluding ortho intramolecular Hbond substituents is 1. The Kier molecular flexibility index (Phi) is 7.82. The van der Waals surface area contributed by atoms with Crippen LogP contribution in [-0.2, 0) is 14.6 Å². The number of aromatic nitrogens is 3. The smallest absolute Gasteiger partial charge is 0.358 e. The van der Waals surface area contributed by atoms with Gasteiger partial charge in [-0.3, -0.25) is 9.59 Å². The molecule has 1 unspecified atom stereocenters. The maximum absolute atomic E-state index is 13.2. The molecule has 0 aliphatic rings. The summed E-state index contributed by atoms with van der Waals surface area (Å²) in [5.74, 6) is -2.51. The number of anilines is 2. The SMILES string of the molecule is COc1ccc(S(=O)(=O)C(C)C(=O)Nc2cc(O)c(NC(=O)c3coc(C)c3)cc2-n2nnc(C(=O)O)c2C)cc1. The lowest BCUT2D eigenvalue weighted by molar-refractivity contribution is -0.115. The van der Waals surface area contributed by atoms with Gasteiger partial charge in [0.15, 0.2) is 15.5 Å². The number of furan rings is 1. The molecule has 0 radical (unpaired) electrons. The van der Waals surface area contributed by atoms with Crippen LogP contribution in [0, 0.1) is 13.8 Å². The topological polar surface area (TPSA) is 203 Å². The number of phenols is 1. The predicted molar refractivity (Wildman–Crippen MR) is 144 cm³/mol. The van der Waals surface area contributed by atoms with E-state index in [1.165, 1.54) is 63.6 Å². The molecule has 4 rings (SSSR count). The van der Waals surface area contributed by atoms with E-state index in [-0.39, 0.29) is 38.9 Å². The Morgan fingerprint density at radius 2 is 1.73 bits per heavy atom. The zero-order chi connectivity index (χ0) is 30.1. The van der Waals surface area contributed by atoms with Crippen molar-refractivity contribution in [3.05, 3.63) is 71.4 Å². The molecule has 2 aromatic heterocycles. The molecule has 0 spiro atoms. The van der Waals surface area contributed by atoms with Gasteiger partial charge in [0.05, 0.1) is 40.3 Å². The molecule has 0 aliphatic carbocycles. The molecule has 4 aromatic rings. The van der Waals surface area contributed by atoms with E-state index in [2.05, 4.69) is 20.9 Å². The number of hydrogen-bond acceptors (Lipinski definition) is 10. The van der Waals surface area contributed by atoms with Crippen LogP contribution < -0.4 is 15.4 Å². The van der Waals surface area contributed by atoms with Crippen molar-refractivity contribution >= 4 is 39.0 Å². The summed E-state index contributed by atoms with van der Waals surface area (Å²) in [4.78, 5) is 37.3. The number of sulfone groups is 1. The zero-order valence-corrected chi connectivity index (χ0v) is 23.0. The van der Waals surface area contributed by atoms with Crippen LogP contribution in [0.25, 0.3) is 5.69 Å². The molecule has 14 nitrogen and oxygen atoms in total. The summed E-state index contributed by atoms with van der Waals surface area (Å²) >= 11 is 0. The molecule has 1 atom stereocenters. The summed E-state index contributed by atoms with van der Waals surface area (Å²) < 4.78 is 37.5. The number of rotatable bonds is 9. The Morgan fingerprint density at radius 3 is 2.29 bits per heavy atom. The van der Waals surface area contributed by atoms with Crippen molar-refractivity contribution in [3.8, 4) is 17.2 Å². The van der Waals surface area contributed by atoms with E-state index in [0.717, 1.165) is 10.7 Å². The van der Waals surface area contributed by atoms with E-state index >= 15 is 0 Å². The first-order valence-electron chi connectivity index (χ1n) is 11.9. The second-order valence-electron chi connectivity index (χ2n) is 8.88. The lowest BCUT2D eigenvalue weighted by atomic mass is 10.2. The molecular formula is C26H25N5O9S. The maximum Gasteiger partial charge on any atom is 0.358 e. The van der Waals surface area contributed by atoms with Gasteiger partial charge in [-0.15, -0.1) is 5.10 Å². The number of carbonyl (C=O) groups excluding carboxylic acids is 2. The van der Waals surface area contributed by atoms with Crippen molar-refractivity contribution in [3.63, 3.8) is 0 Å². The number of aryl methyl sites for hydroxylation is 1. The van der Waals surface area contributed by atoms with Crippen LogP contribution in [0.3, 0.4) is 0 Å². The minimum absolute atomic E-state index is 0.0126. The van der Waals surface area contributed by atoms with E-state index in [1.54, 1.807) is 6.92 Å². The van der Waals surface area contributed by atoms with Crippen molar-refractivity contribution < 1.29 is 42.2 Å². The zero-order valence-electron chi connectivity index (χ0n) is 22.2. The molecule has 2 amide bonds. The van der Waals surface area contributed by atoms with Gasteiger partial charge in [0, 0.05) is 6.07 Å².